The van der Waals surface area contributed by atoms with Crippen molar-refractivity contribution in [3.63, 3.8) is 0 Å². The number of hydrogen-bond donors (Lipinski definition) is 0. The molecule has 0 aromatic heterocycles. The van der Waals surface area contributed by atoms with E-state index in [2.05, 4.69) is 17.0 Å². The summed E-state index contributed by atoms with van der Waals surface area (Å²) in [6.07, 6.45) is -2.11. The summed E-state index contributed by atoms with van der Waals surface area (Å²) in [5, 5.41) is -1.19. The molecule has 7 nitrogen and oxygen atoms in total. The van der Waals surface area contributed by atoms with Crippen LogP contribution in [0.25, 0.3) is 0 Å². The summed E-state index contributed by atoms with van der Waals surface area (Å²) in [7, 11) is -2.58. The molecular formula is C27H32Cl2F3N3O4S. The van der Waals surface area contributed by atoms with Crippen LogP contribution in [0.2, 0.25) is 10.0 Å². The lowest BCUT2D eigenvalue weighted by Gasteiger charge is -2.35. The number of hydrogen-bond acceptors (Lipinski definition) is 5. The molecule has 0 N–H and O–H groups in total. The Kier molecular flexibility index (Phi) is 10.1. The van der Waals surface area contributed by atoms with Gasteiger partial charge in [0, 0.05) is 45.3 Å². The molecule has 0 spiro atoms. The molecule has 1 unspecified atom stereocenters. The molecule has 2 aliphatic rings. The Morgan fingerprint density at radius 3 is 2.40 bits per heavy atom. The van der Waals surface area contributed by atoms with Crippen molar-refractivity contribution >= 4 is 39.1 Å². The number of sulfonamides is 1. The van der Waals surface area contributed by atoms with Crippen molar-refractivity contribution in [1.29, 1.82) is 0 Å². The SMILES string of the molecule is CN(C(=O)COCC1CCCCN1S(=O)(=O)c1c(Cl)cc(C(F)(F)F)cc1Cl)[C@H]1CCN(Cc2ccccc2)C1. The van der Waals surface area contributed by atoms with Gasteiger partial charge in [-0.25, -0.2) is 8.42 Å². The molecule has 2 atom stereocenters. The smallest absolute Gasteiger partial charge is 0.370 e. The highest BCUT2D eigenvalue weighted by molar-refractivity contribution is 7.89. The van der Waals surface area contributed by atoms with Crippen LogP contribution in [0.5, 0.6) is 0 Å². The van der Waals surface area contributed by atoms with Crippen LogP contribution in [-0.4, -0.2) is 80.4 Å². The van der Waals surface area contributed by atoms with Crippen LogP contribution in [0.1, 0.15) is 36.8 Å². The van der Waals surface area contributed by atoms with E-state index in [9.17, 15) is 26.4 Å². The summed E-state index contributed by atoms with van der Waals surface area (Å²) in [5.41, 5.74) is 0.0828. The standard InChI is InChI=1S/C27H32Cl2F3N3O4S/c1-33(21-10-12-34(16-21)15-19-7-3-2-4-8-19)25(36)18-39-17-22-9-5-6-11-35(22)40(37,38)26-23(28)13-20(14-24(26)29)27(30,31)32/h2-4,7-8,13-14,21-22H,5-6,9-12,15-18H2,1H3/t21-,22?/m0/s1. The zero-order valence-corrected chi connectivity index (χ0v) is 24.4. The predicted octanol–water partition coefficient (Wildman–Crippen LogP) is 5.30. The van der Waals surface area contributed by atoms with E-state index in [1.165, 1.54) is 9.87 Å². The number of likely N-dealkylation sites (tertiary alicyclic amines) is 1. The monoisotopic (exact) mass is 621 g/mol. The van der Waals surface area contributed by atoms with Gasteiger partial charge in [-0.3, -0.25) is 9.69 Å². The van der Waals surface area contributed by atoms with E-state index in [-0.39, 0.29) is 31.7 Å². The minimum atomic E-state index is -4.73. The molecule has 2 saturated heterocycles. The van der Waals surface area contributed by atoms with Crippen molar-refractivity contribution in [1.82, 2.24) is 14.1 Å². The number of alkyl halides is 3. The van der Waals surface area contributed by atoms with Crippen molar-refractivity contribution in [3.8, 4) is 0 Å². The van der Waals surface area contributed by atoms with Crippen LogP contribution in [0.4, 0.5) is 13.2 Å². The maximum absolute atomic E-state index is 13.5. The first-order valence-corrected chi connectivity index (χ1v) is 15.3. The first-order valence-electron chi connectivity index (χ1n) is 13.1. The number of piperidine rings is 1. The Balaban J connectivity index is 1.35. The molecule has 2 aromatic carbocycles. The second-order valence-corrected chi connectivity index (χ2v) is 12.9. The number of likely N-dealkylation sites (N-methyl/N-ethyl adjacent to an activating group) is 1. The minimum Gasteiger partial charge on any atom is -0.370 e. The summed E-state index contributed by atoms with van der Waals surface area (Å²) < 4.78 is 73.2. The number of benzene rings is 2. The van der Waals surface area contributed by atoms with E-state index in [0.717, 1.165) is 32.5 Å². The van der Waals surface area contributed by atoms with Gasteiger partial charge in [0.05, 0.1) is 22.2 Å². The fourth-order valence-corrected chi connectivity index (χ4v) is 8.09. The molecule has 2 aliphatic heterocycles. The average Bonchev–Trinajstić information content (AvgIpc) is 3.36. The van der Waals surface area contributed by atoms with Crippen LogP contribution in [-0.2, 0) is 32.3 Å². The third-order valence-corrected chi connectivity index (χ3v) is 10.3. The molecule has 2 aromatic rings. The maximum Gasteiger partial charge on any atom is 0.416 e. The van der Waals surface area contributed by atoms with Crippen LogP contribution < -0.4 is 0 Å². The van der Waals surface area contributed by atoms with Crippen LogP contribution >= 0.6 is 23.2 Å². The molecule has 1 amide bonds. The molecule has 2 heterocycles. The Bertz CT molecular complexity index is 1270. The van der Waals surface area contributed by atoms with Crippen molar-refractivity contribution < 1.29 is 31.1 Å². The molecule has 4 rings (SSSR count). The molecule has 0 radical (unpaired) electrons. The summed E-state index contributed by atoms with van der Waals surface area (Å²) in [6, 6.07) is 10.7. The number of amides is 1. The number of carbonyl (C=O) groups is 1. The maximum atomic E-state index is 13.5. The van der Waals surface area contributed by atoms with Gasteiger partial charge in [-0.2, -0.15) is 17.5 Å². The fraction of sp³-hybridized carbons (Fsp3) is 0.519. The topological polar surface area (TPSA) is 70.2 Å². The highest BCUT2D eigenvalue weighted by atomic mass is 35.5. The third kappa shape index (κ3) is 7.30. The Labute approximate surface area is 242 Å². The van der Waals surface area contributed by atoms with Gasteiger partial charge in [-0.15, -0.1) is 0 Å². The quantitative estimate of drug-likeness (QED) is 0.380. The Morgan fingerprint density at radius 1 is 1.07 bits per heavy atom. The average molecular weight is 623 g/mol. The predicted molar refractivity (Wildman–Crippen MR) is 147 cm³/mol. The van der Waals surface area contributed by atoms with Gasteiger partial charge in [-0.1, -0.05) is 60.0 Å². The van der Waals surface area contributed by atoms with Crippen LogP contribution in [0, 0.1) is 0 Å². The number of halogens is 5. The lowest BCUT2D eigenvalue weighted by Crippen LogP contribution is -2.47. The van der Waals surface area contributed by atoms with E-state index >= 15 is 0 Å². The van der Waals surface area contributed by atoms with E-state index in [0.29, 0.717) is 25.0 Å². The summed E-state index contributed by atoms with van der Waals surface area (Å²) >= 11 is 12.0. The van der Waals surface area contributed by atoms with E-state index in [4.69, 9.17) is 27.9 Å². The second kappa shape index (κ2) is 13.0. The highest BCUT2D eigenvalue weighted by Crippen LogP contribution is 2.40. The molecule has 2 fully saturated rings. The first kappa shape index (κ1) is 31.1. The lowest BCUT2D eigenvalue weighted by molar-refractivity contribution is -0.138. The molecule has 13 heteroatoms. The fourth-order valence-electron chi connectivity index (χ4n) is 5.25. The van der Waals surface area contributed by atoms with Crippen LogP contribution in [0.15, 0.2) is 47.4 Å². The first-order chi connectivity index (χ1) is 18.9. The van der Waals surface area contributed by atoms with Gasteiger partial charge in [0.25, 0.3) is 0 Å². The summed E-state index contributed by atoms with van der Waals surface area (Å²) in [5.74, 6) is -0.203. The highest BCUT2D eigenvalue weighted by Gasteiger charge is 2.39. The Hall–Kier alpha value is -1.89. The van der Waals surface area contributed by atoms with E-state index in [1.807, 2.05) is 18.2 Å². The number of nitrogens with zero attached hydrogens (tertiary/aromatic N) is 3. The number of rotatable bonds is 9. The zero-order valence-electron chi connectivity index (χ0n) is 22.0. The molecule has 0 saturated carbocycles. The van der Waals surface area contributed by atoms with Crippen molar-refractivity contribution in [2.75, 3.05) is 39.9 Å². The second-order valence-electron chi connectivity index (χ2n) is 10.2. The van der Waals surface area contributed by atoms with Gasteiger partial charge in [0.15, 0.2) is 0 Å². The molecule has 220 valence electrons. The lowest BCUT2D eigenvalue weighted by atomic mass is 10.1. The molecule has 0 bridgehead atoms. The van der Waals surface area contributed by atoms with Crippen molar-refractivity contribution in [2.45, 2.75) is 55.4 Å². The van der Waals surface area contributed by atoms with Gasteiger partial charge in [-0.05, 0) is 37.0 Å². The van der Waals surface area contributed by atoms with Crippen molar-refractivity contribution in [3.05, 3.63) is 63.6 Å². The summed E-state index contributed by atoms with van der Waals surface area (Å²) in [4.78, 5) is 16.3. The van der Waals surface area contributed by atoms with Gasteiger partial charge >= 0.3 is 6.18 Å². The normalized spacial score (nSPS) is 21.1. The van der Waals surface area contributed by atoms with Crippen molar-refractivity contribution in [2.24, 2.45) is 0 Å². The van der Waals surface area contributed by atoms with Gasteiger partial charge in [0.2, 0.25) is 15.9 Å². The van der Waals surface area contributed by atoms with Gasteiger partial charge < -0.3 is 9.64 Å². The van der Waals surface area contributed by atoms with E-state index in [1.54, 1.807) is 11.9 Å². The zero-order chi connectivity index (χ0) is 29.1. The molecule has 40 heavy (non-hydrogen) atoms. The number of ether oxygens (including phenoxy) is 1. The number of carbonyl (C=O) groups excluding carboxylic acids is 1. The largest absolute Gasteiger partial charge is 0.416 e. The minimum absolute atomic E-state index is 0.0422. The molecular weight excluding hydrogens is 590 g/mol. The molecule has 0 aliphatic carbocycles. The third-order valence-electron chi connectivity index (χ3n) is 7.44. The van der Waals surface area contributed by atoms with Gasteiger partial charge in [0.1, 0.15) is 11.5 Å². The Morgan fingerprint density at radius 2 is 1.75 bits per heavy atom. The summed E-state index contributed by atoms with van der Waals surface area (Å²) in [6.45, 7) is 2.33. The van der Waals surface area contributed by atoms with Crippen LogP contribution in [0.3, 0.4) is 0 Å². The van der Waals surface area contributed by atoms with E-state index < -0.39 is 42.7 Å².